The number of thiophene rings is 1. The van der Waals surface area contributed by atoms with Gasteiger partial charge >= 0.3 is 0 Å². The molecule has 7 rings (SSSR count). The Morgan fingerprint density at radius 2 is 1.55 bits per heavy atom. The van der Waals surface area contributed by atoms with E-state index in [2.05, 4.69) is 34.8 Å². The van der Waals surface area contributed by atoms with Crippen LogP contribution in [0.5, 0.6) is 0 Å². The van der Waals surface area contributed by atoms with E-state index in [1.807, 2.05) is 55.7 Å². The van der Waals surface area contributed by atoms with Crippen LogP contribution in [0.1, 0.15) is 105 Å². The number of carbonyl (C=O) groups excluding carboxylic acids is 2. The molecule has 0 saturated carbocycles. The molecule has 2 aromatic heterocycles. The number of benzene rings is 3. The minimum absolute atomic E-state index is 0.0428. The topological polar surface area (TPSA) is 151 Å². The predicted molar refractivity (Wildman–Crippen MR) is 244 cm³/mol. The SMILES string of the molecule is CC1=CCc2c(NS(=O)(=O)c3cccc(C(=O)CCCOCCOCCOCCCC(=O)C[C@@H]4N=C(c5ccc(Cl)cc5)c5c(sc(C)c5C)-n5c(C)nnc54)c3)ccc(C)c21. The largest absolute Gasteiger partial charge is 0.379 e. The number of Topliss-reactive ketones (excluding diaryl/α,β-unsaturated/α-hetero) is 2. The molecule has 1 atom stereocenters. The van der Waals surface area contributed by atoms with E-state index in [1.165, 1.54) is 17.0 Å². The minimum atomic E-state index is -3.90. The number of aromatic nitrogens is 3. The molecule has 0 amide bonds. The predicted octanol–water partition coefficient (Wildman–Crippen LogP) is 9.32. The second-order valence-corrected chi connectivity index (χ2v) is 18.9. The average Bonchev–Trinajstić information content (AvgIpc) is 3.90. The maximum Gasteiger partial charge on any atom is 0.261 e. The third-order valence-corrected chi connectivity index (χ3v) is 14.0. The van der Waals surface area contributed by atoms with E-state index < -0.39 is 16.1 Å². The second-order valence-electron chi connectivity index (χ2n) is 15.6. The summed E-state index contributed by atoms with van der Waals surface area (Å²) in [7, 11) is -3.90. The zero-order valence-corrected chi connectivity index (χ0v) is 38.1. The number of anilines is 1. The van der Waals surface area contributed by atoms with Gasteiger partial charge in [-0.25, -0.2) is 8.42 Å². The Kier molecular flexibility index (Phi) is 14.7. The summed E-state index contributed by atoms with van der Waals surface area (Å²) in [6.07, 6.45) is 4.60. The van der Waals surface area contributed by atoms with Crippen LogP contribution < -0.4 is 4.72 Å². The van der Waals surface area contributed by atoms with Gasteiger partial charge in [-0.2, -0.15) is 0 Å². The number of ketones is 2. The summed E-state index contributed by atoms with van der Waals surface area (Å²) in [5.74, 6) is 1.33. The van der Waals surface area contributed by atoms with Gasteiger partial charge < -0.3 is 14.2 Å². The first-order chi connectivity index (χ1) is 29.8. The first-order valence-corrected chi connectivity index (χ1v) is 23.6. The van der Waals surface area contributed by atoms with Gasteiger partial charge in [0.25, 0.3) is 10.0 Å². The zero-order valence-electron chi connectivity index (χ0n) is 35.8. The van der Waals surface area contributed by atoms with Crippen molar-refractivity contribution in [1.82, 2.24) is 14.8 Å². The number of nitrogens with one attached hydrogen (secondary N) is 1. The lowest BCUT2D eigenvalue weighted by molar-refractivity contribution is -0.119. The van der Waals surface area contributed by atoms with Crippen LogP contribution in [0.3, 0.4) is 0 Å². The molecule has 0 fully saturated rings. The molecule has 15 heteroatoms. The van der Waals surface area contributed by atoms with Gasteiger partial charge in [0.2, 0.25) is 0 Å². The minimum Gasteiger partial charge on any atom is -0.379 e. The number of aryl methyl sites for hydroxylation is 3. The Labute approximate surface area is 372 Å². The quantitative estimate of drug-likeness (QED) is 0.0561. The first-order valence-electron chi connectivity index (χ1n) is 20.9. The van der Waals surface area contributed by atoms with Crippen LogP contribution in [0.2, 0.25) is 5.02 Å². The van der Waals surface area contributed by atoms with Gasteiger partial charge in [-0.05, 0) is 112 Å². The van der Waals surface area contributed by atoms with Gasteiger partial charge in [-0.15, -0.1) is 21.5 Å². The molecule has 3 heterocycles. The van der Waals surface area contributed by atoms with Crippen LogP contribution >= 0.6 is 22.9 Å². The van der Waals surface area contributed by atoms with Crippen molar-refractivity contribution in [2.45, 2.75) is 84.1 Å². The van der Waals surface area contributed by atoms with E-state index >= 15 is 0 Å². The first kappa shape index (κ1) is 45.2. The number of hydrogen-bond acceptors (Lipinski definition) is 11. The molecule has 12 nitrogen and oxygen atoms in total. The summed E-state index contributed by atoms with van der Waals surface area (Å²) in [5.41, 5.74) is 9.12. The van der Waals surface area contributed by atoms with E-state index in [0.29, 0.717) is 87.4 Å². The number of carbonyl (C=O) groups is 2. The molecule has 0 radical (unpaired) electrons. The Hall–Kier alpha value is -4.83. The van der Waals surface area contributed by atoms with Crippen molar-refractivity contribution in [2.24, 2.45) is 4.99 Å². The third kappa shape index (κ3) is 10.3. The number of ether oxygens (including phenoxy) is 3. The van der Waals surface area contributed by atoms with Gasteiger partial charge in [-0.1, -0.05) is 48.0 Å². The van der Waals surface area contributed by atoms with Crippen LogP contribution in [0.4, 0.5) is 5.69 Å². The Morgan fingerprint density at radius 1 is 0.855 bits per heavy atom. The number of hydrogen-bond donors (Lipinski definition) is 1. The Bertz CT molecular complexity index is 2630. The molecule has 0 bridgehead atoms. The number of rotatable bonds is 21. The Morgan fingerprint density at radius 3 is 2.27 bits per heavy atom. The van der Waals surface area contributed by atoms with Crippen molar-refractivity contribution in [3.05, 3.63) is 127 Å². The van der Waals surface area contributed by atoms with Crippen LogP contribution in [-0.4, -0.2) is 80.1 Å². The summed E-state index contributed by atoms with van der Waals surface area (Å²) in [6, 6.07) is 17.0. The van der Waals surface area contributed by atoms with Crippen molar-refractivity contribution in [3.63, 3.8) is 0 Å². The molecule has 1 aliphatic heterocycles. The summed E-state index contributed by atoms with van der Waals surface area (Å²) >= 11 is 7.90. The Balaban J connectivity index is 0.780. The molecule has 0 unspecified atom stereocenters. The van der Waals surface area contributed by atoms with Crippen molar-refractivity contribution >= 4 is 61.5 Å². The van der Waals surface area contributed by atoms with E-state index in [9.17, 15) is 18.0 Å². The van der Waals surface area contributed by atoms with Crippen LogP contribution in [0, 0.1) is 27.7 Å². The lowest BCUT2D eigenvalue weighted by Gasteiger charge is -2.15. The zero-order chi connectivity index (χ0) is 44.0. The van der Waals surface area contributed by atoms with Gasteiger partial charge in [-0.3, -0.25) is 23.9 Å². The van der Waals surface area contributed by atoms with Crippen molar-refractivity contribution in [2.75, 3.05) is 44.4 Å². The number of fused-ring (bicyclic) bond motifs is 4. The van der Waals surface area contributed by atoms with Gasteiger partial charge in [0.05, 0.1) is 42.7 Å². The normalized spacial score (nSPS) is 14.5. The smallest absolute Gasteiger partial charge is 0.261 e. The molecule has 62 heavy (non-hydrogen) atoms. The van der Waals surface area contributed by atoms with Gasteiger partial charge in [0, 0.05) is 59.1 Å². The molecule has 2 aliphatic rings. The second kappa shape index (κ2) is 20.1. The van der Waals surface area contributed by atoms with Crippen molar-refractivity contribution in [1.29, 1.82) is 0 Å². The summed E-state index contributed by atoms with van der Waals surface area (Å²) < 4.78 is 48.5. The fourth-order valence-corrected chi connectivity index (χ4v) is 10.3. The summed E-state index contributed by atoms with van der Waals surface area (Å²) in [6.45, 7) is 12.5. The maximum atomic E-state index is 13.3. The lowest BCUT2D eigenvalue weighted by atomic mass is 9.99. The number of allylic oxidation sites excluding steroid dienone is 2. The fourth-order valence-electron chi connectivity index (χ4n) is 7.86. The number of nitrogens with zero attached hydrogens (tertiary/aromatic N) is 4. The highest BCUT2D eigenvalue weighted by atomic mass is 35.5. The van der Waals surface area contributed by atoms with Crippen LogP contribution in [-0.2, 0) is 35.4 Å². The maximum absolute atomic E-state index is 13.3. The highest BCUT2D eigenvalue weighted by Gasteiger charge is 2.32. The van der Waals surface area contributed by atoms with E-state index in [1.54, 1.807) is 29.5 Å². The molecule has 0 spiro atoms. The van der Waals surface area contributed by atoms with Crippen molar-refractivity contribution in [3.8, 4) is 5.00 Å². The standard InChI is InChI=1S/C47H52ClN5O7S2/c1-29-13-19-39-40(20-14-30(2)43(29)39)52-62(56,57)38-11-6-9-35(27-38)42(55)12-8-22-59-24-26-60-25-23-58-21-7-10-37(54)28-41-46-51-50-33(5)53(46)47-44(31(3)32(4)61-47)45(49-41)34-15-17-36(48)18-16-34/h6,9,11,13-18,20,27,41,52H,7-8,10,12,19,21-26,28H2,1-5H3/t41-/m0/s1. The molecule has 5 aromatic rings. The molecule has 1 N–H and O–H groups in total. The van der Waals surface area contributed by atoms with E-state index in [0.717, 1.165) is 55.5 Å². The average molecular weight is 899 g/mol. The number of sulfonamides is 1. The lowest BCUT2D eigenvalue weighted by Crippen LogP contribution is -2.15. The summed E-state index contributed by atoms with van der Waals surface area (Å²) in [4.78, 5) is 32.7. The van der Waals surface area contributed by atoms with Crippen molar-refractivity contribution < 1.29 is 32.2 Å². The molecule has 3 aromatic carbocycles. The van der Waals surface area contributed by atoms with E-state index in [4.69, 9.17) is 30.8 Å². The van der Waals surface area contributed by atoms with Crippen LogP contribution in [0.15, 0.2) is 76.6 Å². The number of halogens is 1. The van der Waals surface area contributed by atoms with Gasteiger partial charge in [0.1, 0.15) is 22.7 Å². The molecular weight excluding hydrogens is 846 g/mol. The fraction of sp³-hybridized carbons (Fsp3) is 0.383. The van der Waals surface area contributed by atoms with Gasteiger partial charge in [0.15, 0.2) is 11.6 Å². The highest BCUT2D eigenvalue weighted by molar-refractivity contribution is 7.92. The molecule has 326 valence electrons. The summed E-state index contributed by atoms with van der Waals surface area (Å²) in [5, 5.41) is 10.5. The third-order valence-electron chi connectivity index (χ3n) is 11.2. The number of aliphatic imine (C=N–C) groups is 1. The molecular formula is C47H52ClN5O7S2. The van der Waals surface area contributed by atoms with E-state index in [-0.39, 0.29) is 29.3 Å². The monoisotopic (exact) mass is 897 g/mol. The highest BCUT2D eigenvalue weighted by Crippen LogP contribution is 2.40. The molecule has 1 aliphatic carbocycles. The van der Waals surface area contributed by atoms with Crippen LogP contribution in [0.25, 0.3) is 10.6 Å². The molecule has 0 saturated heterocycles.